The van der Waals surface area contributed by atoms with Crippen molar-refractivity contribution in [2.75, 3.05) is 6.54 Å². The van der Waals surface area contributed by atoms with Gasteiger partial charge in [-0.15, -0.1) is 0 Å². The molecule has 0 aliphatic heterocycles. The molecule has 9 heteroatoms. The molecule has 0 aromatic carbocycles. The number of amides is 1. The first-order valence-electron chi connectivity index (χ1n) is 5.89. The SMILES string of the molecule is CCCNC(=O)C(C)NS(=O)(=O)c1cc(Br)cnc1Cl. The molecule has 1 aromatic rings. The Kier molecular flexibility index (Phi) is 6.38. The van der Waals surface area contributed by atoms with Gasteiger partial charge < -0.3 is 5.32 Å². The number of hydrogen-bond acceptors (Lipinski definition) is 4. The Morgan fingerprint density at radius 1 is 1.55 bits per heavy atom. The van der Waals surface area contributed by atoms with E-state index in [1.165, 1.54) is 19.2 Å². The summed E-state index contributed by atoms with van der Waals surface area (Å²) in [5.41, 5.74) is 0. The van der Waals surface area contributed by atoms with Gasteiger partial charge in [0, 0.05) is 17.2 Å². The van der Waals surface area contributed by atoms with Crippen molar-refractivity contribution >= 4 is 43.5 Å². The second-order valence-electron chi connectivity index (χ2n) is 4.08. The number of aromatic nitrogens is 1. The van der Waals surface area contributed by atoms with Crippen LogP contribution in [0.3, 0.4) is 0 Å². The molecule has 0 saturated carbocycles. The average molecular weight is 385 g/mol. The van der Waals surface area contributed by atoms with E-state index in [1.807, 2.05) is 6.92 Å². The molecule has 2 N–H and O–H groups in total. The zero-order valence-electron chi connectivity index (χ0n) is 11.0. The number of pyridine rings is 1. The van der Waals surface area contributed by atoms with Crippen molar-refractivity contribution in [1.29, 1.82) is 0 Å². The van der Waals surface area contributed by atoms with Crippen molar-refractivity contribution < 1.29 is 13.2 Å². The fourth-order valence-electron chi connectivity index (χ4n) is 1.34. The van der Waals surface area contributed by atoms with Gasteiger partial charge in [0.25, 0.3) is 0 Å². The largest absolute Gasteiger partial charge is 0.355 e. The molecule has 0 bridgehead atoms. The van der Waals surface area contributed by atoms with Crippen LogP contribution in [0.4, 0.5) is 0 Å². The van der Waals surface area contributed by atoms with Crippen molar-refractivity contribution in [2.24, 2.45) is 0 Å². The smallest absolute Gasteiger partial charge is 0.244 e. The predicted molar refractivity (Wildman–Crippen MR) is 80.0 cm³/mol. The fourth-order valence-corrected chi connectivity index (χ4v) is 3.49. The van der Waals surface area contributed by atoms with Crippen molar-refractivity contribution in [1.82, 2.24) is 15.0 Å². The molecule has 0 radical (unpaired) electrons. The molecular formula is C11H15BrClN3O3S. The first-order valence-corrected chi connectivity index (χ1v) is 8.54. The minimum absolute atomic E-state index is 0.151. The Labute approximate surface area is 131 Å². The molecule has 6 nitrogen and oxygen atoms in total. The van der Waals surface area contributed by atoms with Crippen LogP contribution >= 0.6 is 27.5 Å². The quantitative estimate of drug-likeness (QED) is 0.731. The zero-order valence-corrected chi connectivity index (χ0v) is 14.1. The van der Waals surface area contributed by atoms with E-state index in [0.29, 0.717) is 11.0 Å². The molecule has 0 saturated heterocycles. The second-order valence-corrected chi connectivity index (χ2v) is 7.03. The lowest BCUT2D eigenvalue weighted by Crippen LogP contribution is -2.45. The fraction of sp³-hybridized carbons (Fsp3) is 0.455. The average Bonchev–Trinajstić information content (AvgIpc) is 2.38. The number of rotatable bonds is 6. The number of nitrogens with one attached hydrogen (secondary N) is 2. The minimum atomic E-state index is -3.92. The van der Waals surface area contributed by atoms with Gasteiger partial charge in [0.2, 0.25) is 15.9 Å². The molecule has 1 amide bonds. The van der Waals surface area contributed by atoms with Crippen LogP contribution in [0.2, 0.25) is 5.15 Å². The van der Waals surface area contributed by atoms with E-state index in [2.05, 4.69) is 31.0 Å². The Balaban J connectivity index is 2.89. The lowest BCUT2D eigenvalue weighted by Gasteiger charge is -2.14. The molecule has 0 aliphatic rings. The minimum Gasteiger partial charge on any atom is -0.355 e. The molecule has 1 aromatic heterocycles. The van der Waals surface area contributed by atoms with Crippen LogP contribution in [0, 0.1) is 0 Å². The second kappa shape index (κ2) is 7.35. The van der Waals surface area contributed by atoms with Crippen LogP contribution in [0.15, 0.2) is 21.6 Å². The van der Waals surface area contributed by atoms with Crippen molar-refractivity contribution in [3.8, 4) is 0 Å². The van der Waals surface area contributed by atoms with E-state index in [4.69, 9.17) is 11.6 Å². The molecule has 0 fully saturated rings. The van der Waals surface area contributed by atoms with Crippen LogP contribution in [0.1, 0.15) is 20.3 Å². The Bertz CT molecular complexity index is 595. The monoisotopic (exact) mass is 383 g/mol. The van der Waals surface area contributed by atoms with Crippen LogP contribution in [0.5, 0.6) is 0 Å². The third-order valence-corrected chi connectivity index (χ3v) is 4.74. The van der Waals surface area contributed by atoms with Crippen LogP contribution in [0.25, 0.3) is 0 Å². The molecular weight excluding hydrogens is 370 g/mol. The van der Waals surface area contributed by atoms with E-state index in [9.17, 15) is 13.2 Å². The Morgan fingerprint density at radius 2 is 2.20 bits per heavy atom. The lowest BCUT2D eigenvalue weighted by molar-refractivity contribution is -0.122. The summed E-state index contributed by atoms with van der Waals surface area (Å²) in [7, 11) is -3.92. The maximum Gasteiger partial charge on any atom is 0.244 e. The highest BCUT2D eigenvalue weighted by Gasteiger charge is 2.24. The number of halogens is 2. The van der Waals surface area contributed by atoms with Crippen molar-refractivity contribution in [3.05, 3.63) is 21.9 Å². The summed E-state index contributed by atoms with van der Waals surface area (Å²) in [6.07, 6.45) is 2.16. The maximum absolute atomic E-state index is 12.2. The van der Waals surface area contributed by atoms with E-state index >= 15 is 0 Å². The van der Waals surface area contributed by atoms with E-state index in [-0.39, 0.29) is 10.0 Å². The molecule has 1 atom stereocenters. The third kappa shape index (κ3) is 4.69. The third-order valence-electron chi connectivity index (χ3n) is 2.34. The first-order chi connectivity index (χ1) is 9.27. The molecule has 20 heavy (non-hydrogen) atoms. The molecule has 1 unspecified atom stereocenters. The van der Waals surface area contributed by atoms with Crippen molar-refractivity contribution in [2.45, 2.75) is 31.2 Å². The summed E-state index contributed by atoms with van der Waals surface area (Å²) in [6, 6.07) is 0.426. The summed E-state index contributed by atoms with van der Waals surface area (Å²) in [4.78, 5) is 15.2. The van der Waals surface area contributed by atoms with Gasteiger partial charge in [-0.05, 0) is 35.3 Å². The standard InChI is InChI=1S/C11H15BrClN3O3S/c1-3-4-14-11(17)7(2)16-20(18,19)9-5-8(12)6-15-10(9)13/h5-7,16H,3-4H2,1-2H3,(H,14,17). The normalized spacial score (nSPS) is 13.0. The summed E-state index contributed by atoms with van der Waals surface area (Å²) in [5.74, 6) is -0.394. The van der Waals surface area contributed by atoms with Gasteiger partial charge in [0.15, 0.2) is 0 Å². The molecule has 0 aliphatic carbocycles. The molecule has 0 spiro atoms. The number of sulfonamides is 1. The topological polar surface area (TPSA) is 88.2 Å². The summed E-state index contributed by atoms with van der Waals surface area (Å²) < 4.78 is 27.1. The van der Waals surface area contributed by atoms with Gasteiger partial charge in [0.1, 0.15) is 10.0 Å². The van der Waals surface area contributed by atoms with E-state index < -0.39 is 22.0 Å². The van der Waals surface area contributed by atoms with E-state index in [1.54, 1.807) is 0 Å². The first kappa shape index (κ1) is 17.4. The van der Waals surface area contributed by atoms with Gasteiger partial charge in [-0.3, -0.25) is 4.79 Å². The molecule has 1 heterocycles. The highest BCUT2D eigenvalue weighted by Crippen LogP contribution is 2.22. The van der Waals surface area contributed by atoms with Crippen LogP contribution in [-0.4, -0.2) is 31.9 Å². The zero-order chi connectivity index (χ0) is 15.3. The number of carbonyl (C=O) groups excluding carboxylic acids is 1. The highest BCUT2D eigenvalue weighted by atomic mass is 79.9. The Hall–Kier alpha value is -0.700. The van der Waals surface area contributed by atoms with Crippen molar-refractivity contribution in [3.63, 3.8) is 0 Å². The van der Waals surface area contributed by atoms with Gasteiger partial charge in [-0.2, -0.15) is 4.72 Å². The number of hydrogen-bond donors (Lipinski definition) is 2. The van der Waals surface area contributed by atoms with Gasteiger partial charge in [-0.1, -0.05) is 18.5 Å². The van der Waals surface area contributed by atoms with Gasteiger partial charge in [0.05, 0.1) is 6.04 Å². The summed E-state index contributed by atoms with van der Waals surface area (Å²) in [6.45, 7) is 3.86. The molecule has 112 valence electrons. The predicted octanol–water partition coefficient (Wildman–Crippen LogP) is 1.69. The van der Waals surface area contributed by atoms with Gasteiger partial charge >= 0.3 is 0 Å². The van der Waals surface area contributed by atoms with Gasteiger partial charge in [-0.25, -0.2) is 13.4 Å². The highest BCUT2D eigenvalue weighted by molar-refractivity contribution is 9.10. The summed E-state index contributed by atoms with van der Waals surface area (Å²) >= 11 is 8.90. The number of nitrogens with zero attached hydrogens (tertiary/aromatic N) is 1. The molecule has 1 rings (SSSR count). The maximum atomic E-state index is 12.2. The van der Waals surface area contributed by atoms with E-state index in [0.717, 1.165) is 6.42 Å². The van der Waals surface area contributed by atoms with Crippen LogP contribution < -0.4 is 10.0 Å². The number of carbonyl (C=O) groups is 1. The lowest BCUT2D eigenvalue weighted by atomic mass is 10.3. The summed E-state index contributed by atoms with van der Waals surface area (Å²) in [5, 5.41) is 2.46. The van der Waals surface area contributed by atoms with Crippen LogP contribution in [-0.2, 0) is 14.8 Å². The Morgan fingerprint density at radius 3 is 2.80 bits per heavy atom.